The van der Waals surface area contributed by atoms with E-state index in [4.69, 9.17) is 9.84 Å². The third-order valence-electron chi connectivity index (χ3n) is 2.25. The van der Waals surface area contributed by atoms with E-state index < -0.39 is 33.5 Å². The second-order valence-corrected chi connectivity index (χ2v) is 8.97. The number of carboxylic acid groups (broad SMARTS) is 1. The molecular weight excluding hydrogens is 318 g/mol. The summed E-state index contributed by atoms with van der Waals surface area (Å²) in [6, 6.07) is -1.12. The molecule has 2 N–H and O–H groups in total. The summed E-state index contributed by atoms with van der Waals surface area (Å²) in [7, 11) is -3.07. The molecule has 7 nitrogen and oxygen atoms in total. The van der Waals surface area contributed by atoms with Crippen molar-refractivity contribution in [3.05, 3.63) is 0 Å². The van der Waals surface area contributed by atoms with Gasteiger partial charge in [-0.2, -0.15) is 11.8 Å². The molecular formula is C12H23NO6S2. The number of carboxylic acids is 1. The smallest absolute Gasteiger partial charge is 0.408 e. The van der Waals surface area contributed by atoms with Crippen molar-refractivity contribution in [1.29, 1.82) is 0 Å². The first-order valence-corrected chi connectivity index (χ1v) is 9.45. The molecule has 1 unspecified atom stereocenters. The van der Waals surface area contributed by atoms with E-state index in [0.29, 0.717) is 0 Å². The molecule has 21 heavy (non-hydrogen) atoms. The van der Waals surface area contributed by atoms with Crippen LogP contribution in [-0.4, -0.2) is 60.2 Å². The molecule has 1 atom stereocenters. The molecule has 0 rings (SSSR count). The first-order chi connectivity index (χ1) is 9.47. The Bertz CT molecular complexity index is 455. The third kappa shape index (κ3) is 10.4. The summed E-state index contributed by atoms with van der Waals surface area (Å²) in [4.78, 5) is 22.6. The van der Waals surface area contributed by atoms with Crippen molar-refractivity contribution in [2.45, 2.75) is 39.3 Å². The predicted octanol–water partition coefficient (Wildman–Crippen LogP) is 1.13. The standard InChI is InChI=1S/C12H23NO6S2/c1-5-21(17,18)7-6-20-8-9(10(14)15)13-11(16)19-12(2,3)4/h9H,5-8H2,1-4H3,(H,13,16)(H,14,15). The number of rotatable bonds is 8. The van der Waals surface area contributed by atoms with Crippen molar-refractivity contribution in [2.75, 3.05) is 23.0 Å². The van der Waals surface area contributed by atoms with Crippen molar-refractivity contribution in [1.82, 2.24) is 5.32 Å². The lowest BCUT2D eigenvalue weighted by Gasteiger charge is -2.21. The number of nitrogens with one attached hydrogen (secondary N) is 1. The van der Waals surface area contributed by atoms with Crippen LogP contribution in [0.1, 0.15) is 27.7 Å². The molecule has 0 bridgehead atoms. The van der Waals surface area contributed by atoms with Gasteiger partial charge in [0.15, 0.2) is 9.84 Å². The molecule has 0 fully saturated rings. The summed E-state index contributed by atoms with van der Waals surface area (Å²) in [5, 5.41) is 11.3. The highest BCUT2D eigenvalue weighted by atomic mass is 32.2. The summed E-state index contributed by atoms with van der Waals surface area (Å²) >= 11 is 1.16. The van der Waals surface area contributed by atoms with Crippen molar-refractivity contribution < 1.29 is 27.9 Å². The van der Waals surface area contributed by atoms with E-state index in [1.807, 2.05) is 0 Å². The summed E-state index contributed by atoms with van der Waals surface area (Å²) in [6.45, 7) is 6.58. The molecule has 0 aromatic rings. The van der Waals surface area contributed by atoms with Gasteiger partial charge in [0.2, 0.25) is 0 Å². The lowest BCUT2D eigenvalue weighted by atomic mass is 10.2. The van der Waals surface area contributed by atoms with Gasteiger partial charge in [0.25, 0.3) is 0 Å². The van der Waals surface area contributed by atoms with Crippen LogP contribution in [0.2, 0.25) is 0 Å². The normalized spacial score (nSPS) is 13.5. The fourth-order valence-electron chi connectivity index (χ4n) is 1.16. The molecule has 9 heteroatoms. The van der Waals surface area contributed by atoms with Crippen LogP contribution >= 0.6 is 11.8 Å². The van der Waals surface area contributed by atoms with Gasteiger partial charge in [-0.3, -0.25) is 0 Å². The Balaban J connectivity index is 4.27. The number of ether oxygens (including phenoxy) is 1. The Kier molecular flexibility index (Phi) is 8.09. The fourth-order valence-corrected chi connectivity index (χ4v) is 3.56. The van der Waals surface area contributed by atoms with Crippen molar-refractivity contribution in [3.8, 4) is 0 Å². The number of hydrogen-bond acceptors (Lipinski definition) is 6. The van der Waals surface area contributed by atoms with Gasteiger partial charge in [-0.1, -0.05) is 6.92 Å². The van der Waals surface area contributed by atoms with Gasteiger partial charge in [0, 0.05) is 17.3 Å². The van der Waals surface area contributed by atoms with Gasteiger partial charge >= 0.3 is 12.1 Å². The maximum Gasteiger partial charge on any atom is 0.408 e. The molecule has 0 aliphatic heterocycles. The van der Waals surface area contributed by atoms with Gasteiger partial charge in [-0.25, -0.2) is 18.0 Å². The number of carbonyl (C=O) groups is 2. The average molecular weight is 341 g/mol. The highest BCUT2D eigenvalue weighted by Gasteiger charge is 2.24. The number of aliphatic carboxylic acids is 1. The molecule has 0 radical (unpaired) electrons. The average Bonchev–Trinajstić information content (AvgIpc) is 2.30. The summed E-state index contributed by atoms with van der Waals surface area (Å²) in [5.41, 5.74) is -0.713. The zero-order valence-electron chi connectivity index (χ0n) is 12.7. The quantitative estimate of drug-likeness (QED) is 0.637. The Morgan fingerprint density at radius 3 is 2.33 bits per heavy atom. The summed E-state index contributed by atoms with van der Waals surface area (Å²) in [6.07, 6.45) is -0.809. The molecule has 0 spiro atoms. The van der Waals surface area contributed by atoms with E-state index >= 15 is 0 Å². The van der Waals surface area contributed by atoms with E-state index in [9.17, 15) is 18.0 Å². The first-order valence-electron chi connectivity index (χ1n) is 6.47. The van der Waals surface area contributed by atoms with Gasteiger partial charge in [0.05, 0.1) is 5.75 Å². The minimum atomic E-state index is -3.07. The fraction of sp³-hybridized carbons (Fsp3) is 0.833. The van der Waals surface area contributed by atoms with Crippen LogP contribution in [-0.2, 0) is 19.4 Å². The topological polar surface area (TPSA) is 110 Å². The van der Waals surface area contributed by atoms with Crippen LogP contribution < -0.4 is 5.32 Å². The number of carbonyl (C=O) groups excluding carboxylic acids is 1. The minimum Gasteiger partial charge on any atom is -0.480 e. The van der Waals surface area contributed by atoms with Crippen LogP contribution in [0.15, 0.2) is 0 Å². The zero-order valence-corrected chi connectivity index (χ0v) is 14.3. The minimum absolute atomic E-state index is 0.00700. The monoisotopic (exact) mass is 341 g/mol. The molecule has 0 aliphatic carbocycles. The van der Waals surface area contributed by atoms with Gasteiger partial charge in [-0.15, -0.1) is 0 Å². The Labute approximate surface area is 129 Å². The number of sulfone groups is 1. The lowest BCUT2D eigenvalue weighted by molar-refractivity contribution is -0.138. The third-order valence-corrected chi connectivity index (χ3v) is 5.28. The largest absolute Gasteiger partial charge is 0.480 e. The number of alkyl carbamates (subject to hydrolysis) is 1. The van der Waals surface area contributed by atoms with Gasteiger partial charge in [-0.05, 0) is 20.8 Å². The highest BCUT2D eigenvalue weighted by Crippen LogP contribution is 2.09. The SMILES string of the molecule is CCS(=O)(=O)CCSCC(NC(=O)OC(C)(C)C)C(=O)O. The lowest BCUT2D eigenvalue weighted by Crippen LogP contribution is -2.45. The second-order valence-electron chi connectivity index (χ2n) is 5.35. The van der Waals surface area contributed by atoms with Crippen LogP contribution in [0.25, 0.3) is 0 Å². The summed E-state index contributed by atoms with van der Waals surface area (Å²) < 4.78 is 27.6. The Morgan fingerprint density at radius 2 is 1.90 bits per heavy atom. The molecule has 0 saturated carbocycles. The van der Waals surface area contributed by atoms with Crippen LogP contribution in [0.5, 0.6) is 0 Å². The van der Waals surface area contributed by atoms with E-state index in [0.717, 1.165) is 11.8 Å². The molecule has 0 aliphatic rings. The zero-order chi connectivity index (χ0) is 16.7. The second kappa shape index (κ2) is 8.47. The number of hydrogen-bond donors (Lipinski definition) is 2. The van der Waals surface area contributed by atoms with E-state index in [2.05, 4.69) is 5.32 Å². The van der Waals surface area contributed by atoms with E-state index in [1.54, 1.807) is 27.7 Å². The van der Waals surface area contributed by atoms with Crippen LogP contribution in [0.4, 0.5) is 4.79 Å². The van der Waals surface area contributed by atoms with E-state index in [-0.39, 0.29) is 23.0 Å². The first kappa shape index (κ1) is 20.0. The van der Waals surface area contributed by atoms with Crippen molar-refractivity contribution in [2.24, 2.45) is 0 Å². The maximum absolute atomic E-state index is 11.5. The van der Waals surface area contributed by atoms with Gasteiger partial charge < -0.3 is 15.2 Å². The Hall–Kier alpha value is -0.960. The molecule has 0 saturated heterocycles. The molecule has 1 amide bonds. The molecule has 124 valence electrons. The molecule has 0 aromatic heterocycles. The number of thioether (sulfide) groups is 1. The maximum atomic E-state index is 11.5. The highest BCUT2D eigenvalue weighted by molar-refractivity contribution is 8.00. The van der Waals surface area contributed by atoms with E-state index in [1.165, 1.54) is 0 Å². The van der Waals surface area contributed by atoms with Crippen molar-refractivity contribution in [3.63, 3.8) is 0 Å². The number of amides is 1. The predicted molar refractivity (Wildman–Crippen MR) is 82.4 cm³/mol. The molecule has 0 heterocycles. The Morgan fingerprint density at radius 1 is 1.33 bits per heavy atom. The molecule has 0 aromatic carbocycles. The van der Waals surface area contributed by atoms with Crippen LogP contribution in [0.3, 0.4) is 0 Å². The summed E-state index contributed by atoms with van der Waals surface area (Å²) in [5.74, 6) is -0.769. The van der Waals surface area contributed by atoms with Gasteiger partial charge in [0.1, 0.15) is 11.6 Å². The van der Waals surface area contributed by atoms with Crippen molar-refractivity contribution >= 4 is 33.7 Å². The van der Waals surface area contributed by atoms with Crippen LogP contribution in [0, 0.1) is 0 Å².